The van der Waals surface area contributed by atoms with E-state index in [2.05, 4.69) is 31.0 Å². The third-order valence-electron chi connectivity index (χ3n) is 2.55. The molecule has 0 saturated carbocycles. The summed E-state index contributed by atoms with van der Waals surface area (Å²) in [6.45, 7) is 12.9. The minimum atomic E-state index is 0.267. The van der Waals surface area contributed by atoms with E-state index in [0.717, 1.165) is 45.8 Å². The predicted molar refractivity (Wildman–Crippen MR) is 59.6 cm³/mol. The van der Waals surface area contributed by atoms with Gasteiger partial charge >= 0.3 is 0 Å². The van der Waals surface area contributed by atoms with Gasteiger partial charge < -0.3 is 10.1 Å². The van der Waals surface area contributed by atoms with Crippen molar-refractivity contribution in [1.82, 2.24) is 10.2 Å². The minimum Gasteiger partial charge on any atom is -0.380 e. The van der Waals surface area contributed by atoms with Crippen molar-refractivity contribution in [3.05, 3.63) is 0 Å². The first kappa shape index (κ1) is 12.0. The summed E-state index contributed by atoms with van der Waals surface area (Å²) in [5.41, 5.74) is 0.267. The fourth-order valence-corrected chi connectivity index (χ4v) is 1.88. The monoisotopic (exact) mass is 200 g/mol. The van der Waals surface area contributed by atoms with Crippen LogP contribution in [0.5, 0.6) is 0 Å². The van der Waals surface area contributed by atoms with Gasteiger partial charge in [0.05, 0.1) is 6.61 Å². The summed E-state index contributed by atoms with van der Waals surface area (Å²) in [7, 11) is 0. The van der Waals surface area contributed by atoms with Gasteiger partial charge in [-0.05, 0) is 20.3 Å². The van der Waals surface area contributed by atoms with Gasteiger partial charge in [0.25, 0.3) is 0 Å². The van der Waals surface area contributed by atoms with Crippen LogP contribution >= 0.6 is 0 Å². The van der Waals surface area contributed by atoms with Crippen molar-refractivity contribution >= 4 is 0 Å². The molecule has 0 aliphatic carbocycles. The molecule has 1 fully saturated rings. The largest absolute Gasteiger partial charge is 0.380 e. The quantitative estimate of drug-likeness (QED) is 0.673. The van der Waals surface area contributed by atoms with Crippen LogP contribution in [0.3, 0.4) is 0 Å². The summed E-state index contributed by atoms with van der Waals surface area (Å²) in [5.74, 6) is 0. The van der Waals surface area contributed by atoms with E-state index in [1.54, 1.807) is 0 Å². The van der Waals surface area contributed by atoms with Crippen molar-refractivity contribution in [2.45, 2.75) is 32.7 Å². The Labute approximate surface area is 87.8 Å². The molecule has 0 aromatic rings. The molecule has 1 N–H and O–H groups in total. The van der Waals surface area contributed by atoms with Gasteiger partial charge in [-0.15, -0.1) is 0 Å². The van der Waals surface area contributed by atoms with Crippen molar-refractivity contribution in [1.29, 1.82) is 0 Å². The van der Waals surface area contributed by atoms with Gasteiger partial charge in [-0.25, -0.2) is 0 Å². The second-order valence-electron chi connectivity index (χ2n) is 4.70. The van der Waals surface area contributed by atoms with Crippen molar-refractivity contribution in [2.24, 2.45) is 0 Å². The number of ether oxygens (including phenoxy) is 1. The van der Waals surface area contributed by atoms with E-state index >= 15 is 0 Å². The van der Waals surface area contributed by atoms with Gasteiger partial charge in [0.1, 0.15) is 0 Å². The molecule has 0 spiro atoms. The van der Waals surface area contributed by atoms with Gasteiger partial charge in [-0.1, -0.05) is 6.92 Å². The van der Waals surface area contributed by atoms with E-state index in [1.807, 2.05) is 0 Å². The van der Waals surface area contributed by atoms with Crippen molar-refractivity contribution < 1.29 is 4.74 Å². The Balaban J connectivity index is 2.12. The molecule has 1 aliphatic heterocycles. The molecule has 3 nitrogen and oxygen atoms in total. The van der Waals surface area contributed by atoms with Crippen LogP contribution in [-0.4, -0.2) is 49.8 Å². The summed E-state index contributed by atoms with van der Waals surface area (Å²) in [4.78, 5) is 2.48. The number of piperazine rings is 1. The third-order valence-corrected chi connectivity index (χ3v) is 2.55. The first-order chi connectivity index (χ1) is 6.64. The van der Waals surface area contributed by atoms with Crippen molar-refractivity contribution in [2.75, 3.05) is 39.4 Å². The first-order valence-corrected chi connectivity index (χ1v) is 5.69. The molecule has 3 heteroatoms. The molecule has 14 heavy (non-hydrogen) atoms. The summed E-state index contributed by atoms with van der Waals surface area (Å²) in [6.07, 6.45) is 1.12. The van der Waals surface area contributed by atoms with E-state index in [-0.39, 0.29) is 5.54 Å². The van der Waals surface area contributed by atoms with E-state index < -0.39 is 0 Å². The molecule has 1 heterocycles. The molecule has 1 saturated heterocycles. The molecule has 0 bridgehead atoms. The minimum absolute atomic E-state index is 0.267. The fourth-order valence-electron chi connectivity index (χ4n) is 1.88. The molecule has 0 aromatic heterocycles. The Morgan fingerprint density at radius 2 is 2.14 bits per heavy atom. The summed E-state index contributed by atoms with van der Waals surface area (Å²) < 4.78 is 5.49. The zero-order valence-corrected chi connectivity index (χ0v) is 9.81. The van der Waals surface area contributed by atoms with Gasteiger partial charge in [-0.2, -0.15) is 0 Å². The molecule has 0 atom stereocenters. The number of nitrogens with one attached hydrogen (secondary N) is 1. The van der Waals surface area contributed by atoms with E-state index in [1.165, 1.54) is 0 Å². The highest BCUT2D eigenvalue weighted by Crippen LogP contribution is 2.09. The maximum absolute atomic E-state index is 5.49. The highest BCUT2D eigenvalue weighted by Gasteiger charge is 2.24. The molecular weight excluding hydrogens is 176 g/mol. The lowest BCUT2D eigenvalue weighted by atomic mass is 10.0. The Hall–Kier alpha value is -0.120. The van der Waals surface area contributed by atoms with Crippen LogP contribution < -0.4 is 5.32 Å². The van der Waals surface area contributed by atoms with Gasteiger partial charge in [-0.3, -0.25) is 4.90 Å². The average Bonchev–Trinajstić information content (AvgIpc) is 2.11. The molecule has 1 aliphatic rings. The van der Waals surface area contributed by atoms with Crippen LogP contribution in [0.2, 0.25) is 0 Å². The Bertz CT molecular complexity index is 159. The lowest BCUT2D eigenvalue weighted by molar-refractivity contribution is 0.0804. The summed E-state index contributed by atoms with van der Waals surface area (Å²) in [6, 6.07) is 0. The lowest BCUT2D eigenvalue weighted by Gasteiger charge is -2.39. The average molecular weight is 200 g/mol. The highest BCUT2D eigenvalue weighted by atomic mass is 16.5. The topological polar surface area (TPSA) is 24.5 Å². The second-order valence-corrected chi connectivity index (χ2v) is 4.70. The van der Waals surface area contributed by atoms with Crippen LogP contribution in [0.25, 0.3) is 0 Å². The Morgan fingerprint density at radius 3 is 2.79 bits per heavy atom. The van der Waals surface area contributed by atoms with Gasteiger partial charge in [0.15, 0.2) is 0 Å². The van der Waals surface area contributed by atoms with Crippen LogP contribution in [0.1, 0.15) is 27.2 Å². The van der Waals surface area contributed by atoms with Gasteiger partial charge in [0.2, 0.25) is 0 Å². The van der Waals surface area contributed by atoms with Crippen LogP contribution in [0.15, 0.2) is 0 Å². The number of nitrogens with zero attached hydrogens (tertiary/aromatic N) is 1. The molecule has 0 radical (unpaired) electrons. The van der Waals surface area contributed by atoms with Crippen molar-refractivity contribution in [3.63, 3.8) is 0 Å². The number of hydrogen-bond acceptors (Lipinski definition) is 3. The number of hydrogen-bond donors (Lipinski definition) is 1. The third kappa shape index (κ3) is 4.40. The maximum atomic E-state index is 5.49. The maximum Gasteiger partial charge on any atom is 0.0593 e. The predicted octanol–water partition coefficient (Wildman–Crippen LogP) is 1.10. The number of rotatable bonds is 5. The zero-order valence-electron chi connectivity index (χ0n) is 9.81. The van der Waals surface area contributed by atoms with E-state index in [4.69, 9.17) is 4.74 Å². The van der Waals surface area contributed by atoms with Crippen molar-refractivity contribution in [3.8, 4) is 0 Å². The van der Waals surface area contributed by atoms with Crippen LogP contribution in [0, 0.1) is 0 Å². The smallest absolute Gasteiger partial charge is 0.0593 e. The summed E-state index contributed by atoms with van der Waals surface area (Å²) in [5, 5.41) is 3.51. The standard InChI is InChI=1S/C11H24N2O/c1-4-8-14-9-7-13-6-5-12-11(2,3)10-13/h12H,4-10H2,1-3H3. The van der Waals surface area contributed by atoms with E-state index in [0.29, 0.717) is 0 Å². The zero-order chi connectivity index (χ0) is 10.4. The van der Waals surface area contributed by atoms with E-state index in [9.17, 15) is 0 Å². The normalized spacial score (nSPS) is 22.5. The van der Waals surface area contributed by atoms with Crippen LogP contribution in [0.4, 0.5) is 0 Å². The first-order valence-electron chi connectivity index (χ1n) is 5.69. The molecule has 84 valence electrons. The summed E-state index contributed by atoms with van der Waals surface area (Å²) >= 11 is 0. The molecule has 0 unspecified atom stereocenters. The van der Waals surface area contributed by atoms with Gasteiger partial charge in [0, 0.05) is 38.3 Å². The lowest BCUT2D eigenvalue weighted by Crippen LogP contribution is -2.57. The Kier molecular flexibility index (Phi) is 4.85. The molecule has 1 rings (SSSR count). The second kappa shape index (κ2) is 5.69. The fraction of sp³-hybridized carbons (Fsp3) is 1.00. The highest BCUT2D eigenvalue weighted by molar-refractivity contribution is 4.86. The molecule has 0 aromatic carbocycles. The molecule has 0 amide bonds. The Morgan fingerprint density at radius 1 is 1.36 bits per heavy atom. The van der Waals surface area contributed by atoms with Crippen LogP contribution in [-0.2, 0) is 4.74 Å². The molecular formula is C11H24N2O. The SMILES string of the molecule is CCCOCCN1CCNC(C)(C)C1.